The number of anilines is 1. The lowest BCUT2D eigenvalue weighted by molar-refractivity contribution is -0.142. The van der Waals surface area contributed by atoms with E-state index in [0.717, 1.165) is 28.1 Å². The molecular weight excluding hydrogens is 414 g/mol. The van der Waals surface area contributed by atoms with Crippen LogP contribution in [-0.2, 0) is 20.9 Å². The minimum Gasteiger partial charge on any atom is -0.452 e. The Balaban J connectivity index is 1.59. The monoisotopic (exact) mass is 437 g/mol. The van der Waals surface area contributed by atoms with Crippen LogP contribution in [0.4, 0.5) is 5.69 Å². The minimum atomic E-state index is -0.599. The molecule has 0 saturated heterocycles. The van der Waals surface area contributed by atoms with Crippen molar-refractivity contribution in [3.05, 3.63) is 87.7 Å². The fourth-order valence-electron chi connectivity index (χ4n) is 3.13. The number of benzene rings is 2. The van der Waals surface area contributed by atoms with Crippen LogP contribution in [0.25, 0.3) is 6.08 Å². The number of nitrogens with zero attached hydrogens (tertiary/aromatic N) is 2. The van der Waals surface area contributed by atoms with Gasteiger partial charge in [0, 0.05) is 28.0 Å². The number of aromatic nitrogens is 2. The molecule has 31 heavy (non-hydrogen) atoms. The molecule has 0 unspecified atom stereocenters. The fraction of sp³-hybridized carbons (Fsp3) is 0.208. The third-order valence-corrected chi connectivity index (χ3v) is 5.23. The number of halogens is 1. The van der Waals surface area contributed by atoms with Gasteiger partial charge in [0.2, 0.25) is 0 Å². The van der Waals surface area contributed by atoms with E-state index in [4.69, 9.17) is 16.3 Å². The minimum absolute atomic E-state index is 0.360. The average molecular weight is 438 g/mol. The molecule has 2 aromatic carbocycles. The molecule has 3 rings (SSSR count). The number of esters is 1. The molecular formula is C24H24ClN3O3. The molecule has 0 fully saturated rings. The highest BCUT2D eigenvalue weighted by molar-refractivity contribution is 6.31. The Bertz CT molecular complexity index is 1130. The van der Waals surface area contributed by atoms with Gasteiger partial charge in [0.15, 0.2) is 6.61 Å². The van der Waals surface area contributed by atoms with Crippen LogP contribution >= 0.6 is 11.6 Å². The van der Waals surface area contributed by atoms with Crippen molar-refractivity contribution in [2.45, 2.75) is 27.3 Å². The molecule has 1 heterocycles. The van der Waals surface area contributed by atoms with Gasteiger partial charge in [0.05, 0.1) is 12.2 Å². The normalized spacial score (nSPS) is 11.0. The molecule has 7 heteroatoms. The topological polar surface area (TPSA) is 73.2 Å². The van der Waals surface area contributed by atoms with E-state index in [-0.39, 0.29) is 6.61 Å². The Morgan fingerprint density at radius 2 is 1.81 bits per heavy atom. The zero-order valence-corrected chi connectivity index (χ0v) is 18.4. The average Bonchev–Trinajstić information content (AvgIpc) is 3.01. The maximum Gasteiger partial charge on any atom is 0.331 e. The summed E-state index contributed by atoms with van der Waals surface area (Å²) in [7, 11) is 0. The van der Waals surface area contributed by atoms with Crippen molar-refractivity contribution in [1.82, 2.24) is 9.78 Å². The Morgan fingerprint density at radius 3 is 2.55 bits per heavy atom. The van der Waals surface area contributed by atoms with E-state index in [1.165, 1.54) is 6.08 Å². The zero-order chi connectivity index (χ0) is 22.4. The first-order valence-electron chi connectivity index (χ1n) is 9.83. The maximum atomic E-state index is 12.1. The molecule has 0 saturated carbocycles. The van der Waals surface area contributed by atoms with Crippen LogP contribution in [0, 0.1) is 20.8 Å². The van der Waals surface area contributed by atoms with Gasteiger partial charge in [0.25, 0.3) is 5.91 Å². The summed E-state index contributed by atoms with van der Waals surface area (Å²) in [5, 5.41) is 7.95. The Hall–Kier alpha value is -3.38. The molecule has 0 aliphatic rings. The largest absolute Gasteiger partial charge is 0.452 e. The Labute approximate surface area is 186 Å². The van der Waals surface area contributed by atoms with Gasteiger partial charge in [-0.3, -0.25) is 9.48 Å². The van der Waals surface area contributed by atoms with Crippen molar-refractivity contribution in [2.75, 3.05) is 11.9 Å². The molecule has 160 valence electrons. The predicted octanol–water partition coefficient (Wildman–Crippen LogP) is 4.71. The SMILES string of the molecule is Cc1ccccc1NC(=O)COC(=O)/C=C/c1c(C)nn(Cc2ccccc2Cl)c1C. The Morgan fingerprint density at radius 1 is 1.10 bits per heavy atom. The van der Waals surface area contributed by atoms with Crippen LogP contribution in [0.5, 0.6) is 0 Å². The van der Waals surface area contributed by atoms with Gasteiger partial charge in [0.1, 0.15) is 0 Å². The van der Waals surface area contributed by atoms with E-state index in [1.54, 1.807) is 12.1 Å². The number of para-hydroxylation sites is 1. The molecule has 0 spiro atoms. The summed E-state index contributed by atoms with van der Waals surface area (Å²) in [6.07, 6.45) is 2.96. The maximum absolute atomic E-state index is 12.1. The van der Waals surface area contributed by atoms with Gasteiger partial charge >= 0.3 is 5.97 Å². The summed E-state index contributed by atoms with van der Waals surface area (Å²) in [4.78, 5) is 24.1. The van der Waals surface area contributed by atoms with E-state index in [2.05, 4.69) is 10.4 Å². The van der Waals surface area contributed by atoms with Crippen LogP contribution < -0.4 is 5.32 Å². The zero-order valence-electron chi connectivity index (χ0n) is 17.7. The molecule has 1 amide bonds. The number of hydrogen-bond acceptors (Lipinski definition) is 4. The third kappa shape index (κ3) is 5.83. The van der Waals surface area contributed by atoms with E-state index < -0.39 is 11.9 Å². The van der Waals surface area contributed by atoms with Crippen LogP contribution in [0.1, 0.15) is 28.1 Å². The van der Waals surface area contributed by atoms with Gasteiger partial charge < -0.3 is 10.1 Å². The molecule has 3 aromatic rings. The van der Waals surface area contributed by atoms with E-state index in [1.807, 2.05) is 67.9 Å². The molecule has 1 N–H and O–H groups in total. The number of nitrogens with one attached hydrogen (secondary N) is 1. The number of carbonyl (C=O) groups is 2. The van der Waals surface area contributed by atoms with Crippen LogP contribution in [0.3, 0.4) is 0 Å². The van der Waals surface area contributed by atoms with E-state index in [9.17, 15) is 9.59 Å². The summed E-state index contributed by atoms with van der Waals surface area (Å²) in [6, 6.07) is 15.0. The van der Waals surface area contributed by atoms with E-state index >= 15 is 0 Å². The lowest BCUT2D eigenvalue weighted by Crippen LogP contribution is -2.20. The number of hydrogen-bond donors (Lipinski definition) is 1. The summed E-state index contributed by atoms with van der Waals surface area (Å²) in [6.45, 7) is 5.86. The summed E-state index contributed by atoms with van der Waals surface area (Å²) in [5.74, 6) is -0.992. The molecule has 0 bridgehead atoms. The first kappa shape index (κ1) is 22.3. The number of aryl methyl sites for hydroxylation is 2. The van der Waals surface area contributed by atoms with Crippen molar-refractivity contribution in [1.29, 1.82) is 0 Å². The standard InChI is InChI=1S/C24H24ClN3O3/c1-16-8-4-7-11-22(16)26-23(29)15-31-24(30)13-12-20-17(2)27-28(18(20)3)14-19-9-5-6-10-21(19)25/h4-13H,14-15H2,1-3H3,(H,26,29)/b13-12+. The highest BCUT2D eigenvalue weighted by atomic mass is 35.5. The predicted molar refractivity (Wildman–Crippen MR) is 122 cm³/mol. The lowest BCUT2D eigenvalue weighted by atomic mass is 10.1. The van der Waals surface area contributed by atoms with Crippen molar-refractivity contribution in [3.63, 3.8) is 0 Å². The quantitative estimate of drug-likeness (QED) is 0.429. The van der Waals surface area contributed by atoms with E-state index in [0.29, 0.717) is 17.3 Å². The number of rotatable bonds is 7. The van der Waals surface area contributed by atoms with Crippen LogP contribution in [0.2, 0.25) is 5.02 Å². The second-order valence-electron chi connectivity index (χ2n) is 7.14. The number of ether oxygens (including phenoxy) is 1. The van der Waals surface area contributed by atoms with Gasteiger partial charge in [-0.1, -0.05) is 48.0 Å². The Kier molecular flexibility index (Phi) is 7.26. The molecule has 0 atom stereocenters. The summed E-state index contributed by atoms with van der Waals surface area (Å²) < 4.78 is 6.90. The van der Waals surface area contributed by atoms with Crippen molar-refractivity contribution >= 4 is 35.2 Å². The molecule has 6 nitrogen and oxygen atoms in total. The van der Waals surface area contributed by atoms with Crippen LogP contribution in [-0.4, -0.2) is 28.3 Å². The molecule has 0 aliphatic carbocycles. The van der Waals surface area contributed by atoms with Gasteiger partial charge in [-0.05, 0) is 50.1 Å². The smallest absolute Gasteiger partial charge is 0.331 e. The van der Waals surface area contributed by atoms with Crippen molar-refractivity contribution < 1.29 is 14.3 Å². The second-order valence-corrected chi connectivity index (χ2v) is 7.54. The highest BCUT2D eigenvalue weighted by Gasteiger charge is 2.12. The van der Waals surface area contributed by atoms with Gasteiger partial charge in [-0.25, -0.2) is 4.79 Å². The van der Waals surface area contributed by atoms with Crippen molar-refractivity contribution in [2.24, 2.45) is 0 Å². The first-order chi connectivity index (χ1) is 14.8. The first-order valence-corrected chi connectivity index (χ1v) is 10.2. The van der Waals surface area contributed by atoms with Crippen molar-refractivity contribution in [3.8, 4) is 0 Å². The third-order valence-electron chi connectivity index (χ3n) is 4.87. The van der Waals surface area contributed by atoms with Crippen LogP contribution in [0.15, 0.2) is 54.6 Å². The second kappa shape index (κ2) is 10.1. The fourth-order valence-corrected chi connectivity index (χ4v) is 3.32. The number of carbonyl (C=O) groups excluding carboxylic acids is 2. The highest BCUT2D eigenvalue weighted by Crippen LogP contribution is 2.20. The van der Waals surface area contributed by atoms with Gasteiger partial charge in [-0.2, -0.15) is 5.10 Å². The summed E-state index contributed by atoms with van der Waals surface area (Å²) in [5.41, 5.74) is 5.10. The van der Waals surface area contributed by atoms with Gasteiger partial charge in [-0.15, -0.1) is 0 Å². The molecule has 0 radical (unpaired) electrons. The number of amides is 1. The molecule has 0 aliphatic heterocycles. The molecule has 1 aromatic heterocycles. The summed E-state index contributed by atoms with van der Waals surface area (Å²) >= 11 is 6.25. The lowest BCUT2D eigenvalue weighted by Gasteiger charge is -2.08.